The van der Waals surface area contributed by atoms with Gasteiger partial charge in [0.15, 0.2) is 0 Å². The molecule has 27 heavy (non-hydrogen) atoms. The molecule has 1 N–H and O–H groups in total. The van der Waals surface area contributed by atoms with Crippen LogP contribution < -0.4 is 5.32 Å². The van der Waals surface area contributed by atoms with Gasteiger partial charge in [0.1, 0.15) is 0 Å². The van der Waals surface area contributed by atoms with Crippen LogP contribution in [0.2, 0.25) is 0 Å². The van der Waals surface area contributed by atoms with E-state index in [0.717, 1.165) is 18.4 Å². The largest absolute Gasteiger partial charge is 0.352 e. The number of rotatable bonds is 6. The summed E-state index contributed by atoms with van der Waals surface area (Å²) >= 11 is 0. The van der Waals surface area contributed by atoms with Gasteiger partial charge in [-0.15, -0.1) is 4.40 Å². The molecule has 0 radical (unpaired) electrons. The van der Waals surface area contributed by atoms with Crippen LogP contribution in [-0.2, 0) is 21.4 Å². The second-order valence-electron chi connectivity index (χ2n) is 7.26. The van der Waals surface area contributed by atoms with Crippen LogP contribution in [-0.4, -0.2) is 37.4 Å². The van der Waals surface area contributed by atoms with Crippen molar-refractivity contribution in [1.29, 1.82) is 0 Å². The summed E-state index contributed by atoms with van der Waals surface area (Å²) in [4.78, 5) is 12.6. The zero-order valence-corrected chi connectivity index (χ0v) is 16.5. The van der Waals surface area contributed by atoms with E-state index in [1.807, 2.05) is 30.3 Å². The quantitative estimate of drug-likeness (QED) is 0.812. The number of carbonyl (C=O) groups is 1. The lowest BCUT2D eigenvalue weighted by Gasteiger charge is -2.25. The molecule has 1 saturated carbocycles. The number of hydrogen-bond donors (Lipinski definition) is 1. The molecule has 6 nitrogen and oxygen atoms in total. The van der Waals surface area contributed by atoms with Gasteiger partial charge in [-0.3, -0.25) is 9.10 Å². The monoisotopic (exact) mass is 389 g/mol. The smallest absolute Gasteiger partial charge is 0.344 e. The average Bonchev–Trinajstić information content (AvgIpc) is 2.66. The van der Waals surface area contributed by atoms with E-state index in [4.69, 9.17) is 0 Å². The maximum Gasteiger partial charge on any atom is 0.344 e. The average molecular weight is 390 g/mol. The zero-order valence-electron chi connectivity index (χ0n) is 15.7. The van der Waals surface area contributed by atoms with Gasteiger partial charge in [-0.2, -0.15) is 8.42 Å². The molecule has 3 rings (SSSR count). The topological polar surface area (TPSA) is 78.8 Å². The van der Waals surface area contributed by atoms with Gasteiger partial charge < -0.3 is 5.32 Å². The van der Waals surface area contributed by atoms with E-state index in [1.54, 1.807) is 6.92 Å². The third-order valence-corrected chi connectivity index (χ3v) is 6.58. The van der Waals surface area contributed by atoms with E-state index in [0.29, 0.717) is 24.5 Å². The predicted molar refractivity (Wildman–Crippen MR) is 107 cm³/mol. The normalized spacial score (nSPS) is 20.0. The molecule has 7 heteroatoms. The first kappa shape index (κ1) is 19.6. The molecular formula is C20H27N3O3S. The summed E-state index contributed by atoms with van der Waals surface area (Å²) in [6.07, 6.45) is 7.98. The van der Waals surface area contributed by atoms with Crippen LogP contribution in [0.1, 0.15) is 44.6 Å². The summed E-state index contributed by atoms with van der Waals surface area (Å²) in [6, 6.07) is 9.66. The molecule has 0 saturated heterocycles. The first-order valence-corrected chi connectivity index (χ1v) is 11.0. The highest BCUT2D eigenvalue weighted by Crippen LogP contribution is 2.23. The Morgan fingerprint density at radius 3 is 2.59 bits per heavy atom. The maximum absolute atomic E-state index is 12.6. The summed E-state index contributed by atoms with van der Waals surface area (Å²) in [5.74, 6) is 0.267. The van der Waals surface area contributed by atoms with Gasteiger partial charge in [0, 0.05) is 19.3 Å². The summed E-state index contributed by atoms with van der Waals surface area (Å²) in [5, 5.41) is 2.96. The molecule has 2 aliphatic rings. The lowest BCUT2D eigenvalue weighted by Crippen LogP contribution is -2.38. The van der Waals surface area contributed by atoms with Crippen LogP contribution in [0.25, 0.3) is 0 Å². The lowest BCUT2D eigenvalue weighted by molar-refractivity contribution is -0.117. The number of carbonyl (C=O) groups excluding carboxylic acids is 1. The minimum atomic E-state index is -3.78. The summed E-state index contributed by atoms with van der Waals surface area (Å²) in [6.45, 7) is 2.46. The van der Waals surface area contributed by atoms with E-state index < -0.39 is 10.2 Å². The molecule has 0 aromatic heterocycles. The number of nitrogens with zero attached hydrogens (tertiary/aromatic N) is 2. The molecule has 146 valence electrons. The summed E-state index contributed by atoms with van der Waals surface area (Å²) < 4.78 is 29.7. The second kappa shape index (κ2) is 8.69. The van der Waals surface area contributed by atoms with Crippen LogP contribution in [0.15, 0.2) is 46.5 Å². The molecule has 0 atom stereocenters. The minimum absolute atomic E-state index is 0.243. The summed E-state index contributed by atoms with van der Waals surface area (Å²) in [7, 11) is -3.78. The Morgan fingerprint density at radius 2 is 1.89 bits per heavy atom. The van der Waals surface area contributed by atoms with Crippen molar-refractivity contribution < 1.29 is 13.2 Å². The highest BCUT2D eigenvalue weighted by atomic mass is 32.2. The maximum atomic E-state index is 12.6. The van der Waals surface area contributed by atoms with E-state index in [9.17, 15) is 13.2 Å². The van der Waals surface area contributed by atoms with Crippen molar-refractivity contribution in [2.75, 3.05) is 13.1 Å². The zero-order chi connectivity index (χ0) is 19.3. The van der Waals surface area contributed by atoms with Gasteiger partial charge in [0.2, 0.25) is 0 Å². The third-order valence-electron chi connectivity index (χ3n) is 5.20. The Labute approximate surface area is 161 Å². The molecular weight excluding hydrogens is 362 g/mol. The Balaban J connectivity index is 1.66. The molecule has 1 amide bonds. The van der Waals surface area contributed by atoms with E-state index >= 15 is 0 Å². The predicted octanol–water partition coefficient (Wildman–Crippen LogP) is 2.83. The van der Waals surface area contributed by atoms with Crippen molar-refractivity contribution in [3.8, 4) is 0 Å². The summed E-state index contributed by atoms with van der Waals surface area (Å²) in [5.41, 5.74) is 1.61. The van der Waals surface area contributed by atoms with Crippen molar-refractivity contribution in [2.24, 2.45) is 10.3 Å². The van der Waals surface area contributed by atoms with Crippen LogP contribution >= 0.6 is 0 Å². The van der Waals surface area contributed by atoms with Gasteiger partial charge in [-0.05, 0) is 37.7 Å². The first-order chi connectivity index (χ1) is 13.0. The molecule has 0 spiro atoms. The fourth-order valence-corrected chi connectivity index (χ4v) is 4.70. The molecule has 1 aromatic rings. The number of benzene rings is 1. The van der Waals surface area contributed by atoms with Crippen LogP contribution in [0.4, 0.5) is 0 Å². The Morgan fingerprint density at radius 1 is 1.19 bits per heavy atom. The Hall–Kier alpha value is -2.15. The van der Waals surface area contributed by atoms with Crippen molar-refractivity contribution in [2.45, 2.75) is 45.4 Å². The van der Waals surface area contributed by atoms with Crippen molar-refractivity contribution in [1.82, 2.24) is 9.62 Å². The van der Waals surface area contributed by atoms with E-state index in [-0.39, 0.29) is 18.2 Å². The van der Waals surface area contributed by atoms with Crippen LogP contribution in [0, 0.1) is 5.92 Å². The fourth-order valence-electron chi connectivity index (χ4n) is 3.59. The van der Waals surface area contributed by atoms with Crippen LogP contribution in [0.5, 0.6) is 0 Å². The fraction of sp³-hybridized carbons (Fsp3) is 0.500. The minimum Gasteiger partial charge on any atom is -0.352 e. The first-order valence-electron chi connectivity index (χ1n) is 9.58. The molecule has 0 bridgehead atoms. The molecule has 1 aliphatic carbocycles. The second-order valence-corrected chi connectivity index (χ2v) is 8.80. The van der Waals surface area contributed by atoms with Gasteiger partial charge in [0.25, 0.3) is 5.91 Å². The lowest BCUT2D eigenvalue weighted by atomic mass is 9.89. The van der Waals surface area contributed by atoms with Crippen molar-refractivity contribution in [3.05, 3.63) is 47.7 Å². The van der Waals surface area contributed by atoms with Gasteiger partial charge >= 0.3 is 10.2 Å². The number of amides is 1. The van der Waals surface area contributed by atoms with Gasteiger partial charge in [-0.1, -0.05) is 49.6 Å². The molecule has 0 unspecified atom stereocenters. The van der Waals surface area contributed by atoms with Gasteiger partial charge in [0.05, 0.1) is 11.3 Å². The number of nitrogens with one attached hydrogen (secondary N) is 1. The Kier molecular flexibility index (Phi) is 6.31. The molecule has 1 fully saturated rings. The van der Waals surface area contributed by atoms with E-state index in [2.05, 4.69) is 9.71 Å². The van der Waals surface area contributed by atoms with Gasteiger partial charge in [-0.25, -0.2) is 0 Å². The van der Waals surface area contributed by atoms with Crippen LogP contribution in [0.3, 0.4) is 0 Å². The molecule has 1 aromatic carbocycles. The standard InChI is InChI=1S/C20H27N3O3S/c1-16-19(20(24)21-14-18-10-6-3-7-11-18)15-23(27(25,26)22-16)13-12-17-8-4-2-5-9-17/h2,4-5,8-9,15,18H,3,6-7,10-14H2,1H3,(H,21,24). The SMILES string of the molecule is CC1=NS(=O)(=O)N(CCc2ccccc2)C=C1C(=O)NCC1CCCCC1. The highest BCUT2D eigenvalue weighted by Gasteiger charge is 2.28. The van der Waals surface area contributed by atoms with Crippen molar-refractivity contribution >= 4 is 21.8 Å². The molecule has 1 aliphatic heterocycles. The highest BCUT2D eigenvalue weighted by molar-refractivity contribution is 7.88. The van der Waals surface area contributed by atoms with Crippen molar-refractivity contribution in [3.63, 3.8) is 0 Å². The molecule has 1 heterocycles. The Bertz CT molecular complexity index is 825. The van der Waals surface area contributed by atoms with E-state index in [1.165, 1.54) is 29.8 Å². The number of hydrogen-bond acceptors (Lipinski definition) is 3. The third kappa shape index (κ3) is 5.19.